The lowest BCUT2D eigenvalue weighted by Crippen LogP contribution is -2.29. The van der Waals surface area contributed by atoms with Gasteiger partial charge in [-0.05, 0) is 54.5 Å². The largest absolute Gasteiger partial charge is 0.268 e. The molecule has 120 valence electrons. The van der Waals surface area contributed by atoms with Crippen molar-refractivity contribution < 1.29 is 13.2 Å². The Bertz CT molecular complexity index is 879. The molecular weight excluding hydrogens is 402 g/mol. The fraction of sp³-hybridized carbons (Fsp3) is 0.0625. The van der Waals surface area contributed by atoms with Crippen molar-refractivity contribution in [1.29, 1.82) is 0 Å². The van der Waals surface area contributed by atoms with Gasteiger partial charge >= 0.3 is 0 Å². The topological polar surface area (TPSA) is 63.2 Å². The molecular formula is C16H13BrClNO3S. The maximum absolute atomic E-state index is 12.1. The van der Waals surface area contributed by atoms with Crippen LogP contribution in [0.1, 0.15) is 21.5 Å². The molecule has 1 amide bonds. The van der Waals surface area contributed by atoms with Crippen LogP contribution < -0.4 is 4.72 Å². The second kappa shape index (κ2) is 7.29. The highest BCUT2D eigenvalue weighted by molar-refractivity contribution is 9.10. The van der Waals surface area contributed by atoms with Gasteiger partial charge < -0.3 is 0 Å². The summed E-state index contributed by atoms with van der Waals surface area (Å²) in [6, 6.07) is 11.7. The summed E-state index contributed by atoms with van der Waals surface area (Å²) in [7, 11) is -3.90. The zero-order valence-electron chi connectivity index (χ0n) is 12.1. The van der Waals surface area contributed by atoms with E-state index in [1.807, 2.05) is 4.72 Å². The van der Waals surface area contributed by atoms with Gasteiger partial charge in [-0.1, -0.05) is 39.7 Å². The van der Waals surface area contributed by atoms with E-state index in [1.54, 1.807) is 49.4 Å². The van der Waals surface area contributed by atoms with E-state index in [0.29, 0.717) is 21.7 Å². The molecule has 0 heterocycles. The molecule has 4 nitrogen and oxygen atoms in total. The SMILES string of the molecule is Cc1cc(Br)ccc1C(=O)NS(=O)(=O)C=Cc1cccc(Cl)c1. The number of sulfonamides is 1. The first-order valence-electron chi connectivity index (χ1n) is 6.54. The lowest BCUT2D eigenvalue weighted by molar-refractivity contribution is 0.0981. The van der Waals surface area contributed by atoms with Crippen molar-refractivity contribution >= 4 is 49.5 Å². The Morgan fingerprint density at radius 1 is 1.22 bits per heavy atom. The average molecular weight is 415 g/mol. The predicted molar refractivity (Wildman–Crippen MR) is 95.8 cm³/mol. The Hall–Kier alpha value is -1.63. The summed E-state index contributed by atoms with van der Waals surface area (Å²) in [5.74, 6) is -0.675. The first-order chi connectivity index (χ1) is 10.8. The Morgan fingerprint density at radius 3 is 2.61 bits per heavy atom. The summed E-state index contributed by atoms with van der Waals surface area (Å²) in [6.45, 7) is 1.73. The number of carbonyl (C=O) groups is 1. The highest BCUT2D eigenvalue weighted by atomic mass is 79.9. The fourth-order valence-corrected chi connectivity index (χ4v) is 3.33. The molecule has 0 atom stereocenters. The zero-order chi connectivity index (χ0) is 17.0. The number of hydrogen-bond donors (Lipinski definition) is 1. The van der Waals surface area contributed by atoms with Crippen LogP contribution in [0.2, 0.25) is 5.02 Å². The average Bonchev–Trinajstić information content (AvgIpc) is 2.44. The monoisotopic (exact) mass is 413 g/mol. The van der Waals surface area contributed by atoms with Gasteiger partial charge in [0.1, 0.15) is 0 Å². The van der Waals surface area contributed by atoms with Gasteiger partial charge in [-0.15, -0.1) is 0 Å². The van der Waals surface area contributed by atoms with Crippen LogP contribution in [-0.4, -0.2) is 14.3 Å². The summed E-state index contributed by atoms with van der Waals surface area (Å²) < 4.78 is 26.8. The van der Waals surface area contributed by atoms with Crippen LogP contribution in [0.3, 0.4) is 0 Å². The van der Waals surface area contributed by atoms with E-state index in [0.717, 1.165) is 9.88 Å². The van der Waals surface area contributed by atoms with Crippen molar-refractivity contribution in [2.45, 2.75) is 6.92 Å². The van der Waals surface area contributed by atoms with Crippen LogP contribution in [0.4, 0.5) is 0 Å². The summed E-state index contributed by atoms with van der Waals surface area (Å²) in [6.07, 6.45) is 1.37. The van der Waals surface area contributed by atoms with Gasteiger partial charge in [0.05, 0.1) is 5.41 Å². The van der Waals surface area contributed by atoms with Gasteiger partial charge in [0.2, 0.25) is 0 Å². The summed E-state index contributed by atoms with van der Waals surface area (Å²) in [4.78, 5) is 12.1. The molecule has 2 aromatic carbocycles. The first-order valence-corrected chi connectivity index (χ1v) is 9.25. The molecule has 2 aromatic rings. The number of benzene rings is 2. The number of aryl methyl sites for hydroxylation is 1. The third kappa shape index (κ3) is 5.20. The second-order valence-corrected chi connectivity index (χ2v) is 7.71. The third-order valence-corrected chi connectivity index (χ3v) is 4.65. The van der Waals surface area contributed by atoms with Crippen molar-refractivity contribution in [3.63, 3.8) is 0 Å². The summed E-state index contributed by atoms with van der Waals surface area (Å²) in [5.41, 5.74) is 1.59. The Balaban J connectivity index is 2.16. The lowest BCUT2D eigenvalue weighted by atomic mass is 10.1. The maximum Gasteiger partial charge on any atom is 0.265 e. The van der Waals surface area contributed by atoms with Crippen molar-refractivity contribution in [3.8, 4) is 0 Å². The fourth-order valence-electron chi connectivity index (χ4n) is 1.88. The van der Waals surface area contributed by atoms with E-state index in [2.05, 4.69) is 15.9 Å². The smallest absolute Gasteiger partial charge is 0.265 e. The number of hydrogen-bond acceptors (Lipinski definition) is 3. The molecule has 0 unspecified atom stereocenters. The van der Waals surface area contributed by atoms with E-state index in [1.165, 1.54) is 6.08 Å². The molecule has 0 aliphatic carbocycles. The maximum atomic E-state index is 12.1. The van der Waals surface area contributed by atoms with E-state index < -0.39 is 15.9 Å². The van der Waals surface area contributed by atoms with Gasteiger partial charge in [0, 0.05) is 15.1 Å². The normalized spacial score (nSPS) is 11.6. The summed E-state index contributed by atoms with van der Waals surface area (Å²) >= 11 is 9.12. The molecule has 1 N–H and O–H groups in total. The number of halogens is 2. The molecule has 0 bridgehead atoms. The van der Waals surface area contributed by atoms with Crippen molar-refractivity contribution in [3.05, 3.63) is 74.1 Å². The van der Waals surface area contributed by atoms with Crippen LogP contribution >= 0.6 is 27.5 Å². The van der Waals surface area contributed by atoms with Gasteiger partial charge in [0.15, 0.2) is 0 Å². The van der Waals surface area contributed by atoms with Crippen molar-refractivity contribution in [2.24, 2.45) is 0 Å². The van der Waals surface area contributed by atoms with Gasteiger partial charge in [0.25, 0.3) is 15.9 Å². The van der Waals surface area contributed by atoms with Crippen molar-refractivity contribution in [1.82, 2.24) is 4.72 Å². The lowest BCUT2D eigenvalue weighted by Gasteiger charge is -2.06. The molecule has 2 rings (SSSR count). The Morgan fingerprint density at radius 2 is 1.96 bits per heavy atom. The van der Waals surface area contributed by atoms with Crippen LogP contribution in [0.25, 0.3) is 6.08 Å². The molecule has 0 saturated heterocycles. The minimum Gasteiger partial charge on any atom is -0.268 e. The molecule has 0 fully saturated rings. The molecule has 0 spiro atoms. The van der Waals surface area contributed by atoms with Crippen molar-refractivity contribution in [2.75, 3.05) is 0 Å². The van der Waals surface area contributed by atoms with Crippen LogP contribution in [0.15, 0.2) is 52.3 Å². The van der Waals surface area contributed by atoms with E-state index in [-0.39, 0.29) is 0 Å². The quantitative estimate of drug-likeness (QED) is 0.818. The van der Waals surface area contributed by atoms with Crippen LogP contribution in [-0.2, 0) is 10.0 Å². The van der Waals surface area contributed by atoms with Crippen LogP contribution in [0, 0.1) is 6.92 Å². The molecule has 0 aliphatic heterocycles. The minimum absolute atomic E-state index is 0.299. The molecule has 0 saturated carbocycles. The Kier molecular flexibility index (Phi) is 5.62. The highest BCUT2D eigenvalue weighted by Gasteiger charge is 2.15. The second-order valence-electron chi connectivity index (χ2n) is 4.79. The molecule has 7 heteroatoms. The van der Waals surface area contributed by atoms with E-state index in [4.69, 9.17) is 11.6 Å². The number of rotatable bonds is 4. The number of nitrogens with one attached hydrogen (secondary N) is 1. The highest BCUT2D eigenvalue weighted by Crippen LogP contribution is 2.16. The summed E-state index contributed by atoms with van der Waals surface area (Å²) in [5, 5.41) is 1.43. The van der Waals surface area contributed by atoms with E-state index >= 15 is 0 Å². The first kappa shape index (κ1) is 17.7. The molecule has 23 heavy (non-hydrogen) atoms. The van der Waals surface area contributed by atoms with Gasteiger partial charge in [-0.25, -0.2) is 13.1 Å². The van der Waals surface area contributed by atoms with Gasteiger partial charge in [-0.2, -0.15) is 0 Å². The molecule has 0 aliphatic rings. The molecule has 0 aromatic heterocycles. The number of amides is 1. The predicted octanol–water partition coefficient (Wildman–Crippen LogP) is 4.14. The van der Waals surface area contributed by atoms with Gasteiger partial charge in [-0.3, -0.25) is 4.79 Å². The minimum atomic E-state index is -3.90. The van der Waals surface area contributed by atoms with Crippen LogP contribution in [0.5, 0.6) is 0 Å². The molecule has 0 radical (unpaired) electrons. The Labute approximate surface area is 148 Å². The standard InChI is InChI=1S/C16H13BrClNO3S/c1-11-9-13(17)5-6-15(11)16(20)19-23(21,22)8-7-12-3-2-4-14(18)10-12/h2-10H,1H3,(H,19,20). The van der Waals surface area contributed by atoms with E-state index in [9.17, 15) is 13.2 Å². The third-order valence-electron chi connectivity index (χ3n) is 2.96. The zero-order valence-corrected chi connectivity index (χ0v) is 15.2. The number of carbonyl (C=O) groups excluding carboxylic acids is 1.